The molecule has 0 amide bonds. The van der Waals surface area contributed by atoms with Crippen molar-refractivity contribution < 1.29 is 14.0 Å². The van der Waals surface area contributed by atoms with Gasteiger partial charge in [0.2, 0.25) is 0 Å². The third kappa shape index (κ3) is 8.23. The molecule has 0 spiro atoms. The topological polar surface area (TPSA) is 81.0 Å². The van der Waals surface area contributed by atoms with Crippen molar-refractivity contribution in [1.82, 2.24) is 19.9 Å². The Balaban J connectivity index is 0.000000205. The molecule has 0 unspecified atom stereocenters. The van der Waals surface area contributed by atoms with Gasteiger partial charge in [-0.15, -0.1) is 22.7 Å². The Labute approximate surface area is 205 Å². The highest BCUT2D eigenvalue weighted by molar-refractivity contribution is 7.09. The Morgan fingerprint density at radius 2 is 1.39 bits per heavy atom. The van der Waals surface area contributed by atoms with Gasteiger partial charge >= 0.3 is 0 Å². The molecule has 0 bridgehead atoms. The van der Waals surface area contributed by atoms with Gasteiger partial charge in [-0.05, 0) is 48.9 Å². The molecule has 0 atom stereocenters. The summed E-state index contributed by atoms with van der Waals surface area (Å²) in [4.78, 5) is 16.5. The van der Waals surface area contributed by atoms with Crippen LogP contribution >= 0.6 is 22.7 Å². The maximum Gasteiger partial charge on any atom is 0.124 e. The molecule has 0 radical (unpaired) electrons. The van der Waals surface area contributed by atoms with Crippen LogP contribution in [0.5, 0.6) is 0 Å². The number of thiazole rings is 2. The maximum absolute atomic E-state index is 8.95. The first-order valence-corrected chi connectivity index (χ1v) is 11.5. The summed E-state index contributed by atoms with van der Waals surface area (Å²) in [7, 11) is -2.40. The van der Waals surface area contributed by atoms with Crippen LogP contribution in [0.2, 0.25) is 0 Å². The number of methoxy groups -OCH3 is 1. The van der Waals surface area contributed by atoms with Crippen molar-refractivity contribution in [1.29, 1.82) is 0 Å². The quantitative estimate of drug-likeness (QED) is 0.444. The predicted octanol–water partition coefficient (Wildman–Crippen LogP) is 4.13. The summed E-state index contributed by atoms with van der Waals surface area (Å²) < 4.78 is 25.7. The van der Waals surface area contributed by atoms with E-state index in [0.29, 0.717) is 11.1 Å². The van der Waals surface area contributed by atoms with E-state index >= 15 is 0 Å². The van der Waals surface area contributed by atoms with Crippen LogP contribution in [0.3, 0.4) is 0 Å². The molecule has 8 heteroatoms. The fourth-order valence-electron chi connectivity index (χ4n) is 2.47. The van der Waals surface area contributed by atoms with Crippen LogP contribution in [0.1, 0.15) is 47.8 Å². The molecule has 4 aromatic heterocycles. The fourth-order valence-corrected chi connectivity index (χ4v) is 3.56. The highest BCUT2D eigenvalue weighted by atomic mass is 32.1. The summed E-state index contributed by atoms with van der Waals surface area (Å²) in [6.45, 7) is 3.83. The molecule has 0 aliphatic heterocycles. The van der Waals surface area contributed by atoms with Crippen molar-refractivity contribution in [3.63, 3.8) is 0 Å². The highest BCUT2D eigenvalue weighted by Crippen LogP contribution is 2.08. The van der Waals surface area contributed by atoms with Crippen LogP contribution in [0.15, 0.2) is 47.7 Å². The molecule has 0 saturated heterocycles. The monoisotopic (exact) mass is 480 g/mol. The van der Waals surface area contributed by atoms with E-state index in [1.807, 2.05) is 30.7 Å². The molecule has 4 heterocycles. The molecular weight excluding hydrogens is 452 g/mol. The SMILES string of the molecule is Cc1nc(C#Cc2cncc(CO)c2)cs1.[3H]C([3H])([3H])OCc1cncc(C#Cc2csc(C)n2)c1. The minimum Gasteiger partial charge on any atom is -0.392 e. The number of hydrogen-bond acceptors (Lipinski definition) is 8. The minimum absolute atomic E-state index is 0.0155. The van der Waals surface area contributed by atoms with Gasteiger partial charge in [0.15, 0.2) is 0 Å². The van der Waals surface area contributed by atoms with Gasteiger partial charge < -0.3 is 9.84 Å². The van der Waals surface area contributed by atoms with Crippen molar-refractivity contribution in [2.24, 2.45) is 0 Å². The molecule has 166 valence electrons. The lowest BCUT2D eigenvalue weighted by Crippen LogP contribution is -1.90. The molecule has 0 aliphatic carbocycles. The Morgan fingerprint density at radius 3 is 1.88 bits per heavy atom. The lowest BCUT2D eigenvalue weighted by Gasteiger charge is -1.98. The first kappa shape index (κ1) is 20.2. The standard InChI is InChI=1S/C13H12N2OS.C12H10N2OS/c1-10-15-13(9-17-10)4-3-11-5-12(8-16-2)7-14-6-11;1-9-14-12(8-16-9)3-2-10-4-11(7-15)6-13-5-10/h5-7,9H,8H2,1-2H3;4-6,8,15H,7H2,1H3/i2T3;. The summed E-state index contributed by atoms with van der Waals surface area (Å²) in [6.07, 6.45) is 6.47. The van der Waals surface area contributed by atoms with Crippen LogP contribution in [-0.2, 0) is 18.0 Å². The Hall–Kier alpha value is -3.40. The second-order valence-corrected chi connectivity index (χ2v) is 8.74. The number of nitrogens with zero attached hydrogens (tertiary/aromatic N) is 4. The third-order valence-electron chi connectivity index (χ3n) is 3.92. The van der Waals surface area contributed by atoms with Crippen LogP contribution in [-0.4, -0.2) is 32.1 Å². The van der Waals surface area contributed by atoms with Gasteiger partial charge in [-0.3, -0.25) is 9.97 Å². The Kier molecular flexibility index (Phi) is 7.72. The van der Waals surface area contributed by atoms with E-state index in [-0.39, 0.29) is 13.2 Å². The molecular formula is C25H22N4O2S2. The van der Waals surface area contributed by atoms with Crippen molar-refractivity contribution in [2.75, 3.05) is 7.04 Å². The number of aliphatic hydroxyl groups excluding tert-OH is 1. The lowest BCUT2D eigenvalue weighted by atomic mass is 10.2. The normalized spacial score (nSPS) is 11.4. The van der Waals surface area contributed by atoms with Crippen LogP contribution in [0.25, 0.3) is 0 Å². The highest BCUT2D eigenvalue weighted by Gasteiger charge is 1.96. The third-order valence-corrected chi connectivity index (χ3v) is 5.47. The molecule has 0 saturated carbocycles. The van der Waals surface area contributed by atoms with E-state index in [4.69, 9.17) is 14.0 Å². The van der Waals surface area contributed by atoms with Crippen molar-refractivity contribution in [3.05, 3.63) is 91.3 Å². The summed E-state index contributed by atoms with van der Waals surface area (Å²) >= 11 is 3.12. The van der Waals surface area contributed by atoms with Crippen molar-refractivity contribution in [2.45, 2.75) is 27.1 Å². The van der Waals surface area contributed by atoms with Gasteiger partial charge in [-0.25, -0.2) is 9.97 Å². The zero-order chi connectivity index (χ0) is 26.0. The number of hydrogen-bond donors (Lipinski definition) is 1. The van der Waals surface area contributed by atoms with Gasteiger partial charge in [0, 0.05) is 53.7 Å². The van der Waals surface area contributed by atoms with Crippen LogP contribution in [0, 0.1) is 37.5 Å². The Bertz CT molecular complexity index is 1430. The minimum atomic E-state index is -2.40. The smallest absolute Gasteiger partial charge is 0.124 e. The molecule has 0 aliphatic rings. The van der Waals surface area contributed by atoms with E-state index in [0.717, 1.165) is 32.5 Å². The first-order chi connectivity index (χ1) is 17.2. The van der Waals surface area contributed by atoms with Crippen LogP contribution in [0.4, 0.5) is 0 Å². The number of pyridine rings is 2. The van der Waals surface area contributed by atoms with E-state index in [1.54, 1.807) is 53.5 Å². The fraction of sp³-hybridized carbons (Fsp3) is 0.200. The van der Waals surface area contributed by atoms with Gasteiger partial charge in [0.05, 0.1) is 27.3 Å². The molecule has 33 heavy (non-hydrogen) atoms. The molecule has 4 rings (SSSR count). The molecule has 4 aromatic rings. The lowest BCUT2D eigenvalue weighted by molar-refractivity contribution is 0.184. The second-order valence-electron chi connectivity index (χ2n) is 6.61. The van der Waals surface area contributed by atoms with Gasteiger partial charge in [-0.1, -0.05) is 11.8 Å². The van der Waals surface area contributed by atoms with Gasteiger partial charge in [0.1, 0.15) is 11.4 Å². The summed E-state index contributed by atoms with van der Waals surface area (Å²) in [5, 5.41) is 14.7. The van der Waals surface area contributed by atoms with E-state index in [9.17, 15) is 0 Å². The maximum atomic E-state index is 8.95. The molecule has 0 fully saturated rings. The Morgan fingerprint density at radius 1 is 0.848 bits per heavy atom. The summed E-state index contributed by atoms with van der Waals surface area (Å²) in [6, 6.07) is 3.57. The van der Waals surface area contributed by atoms with E-state index in [1.165, 1.54) is 0 Å². The zero-order valence-electron chi connectivity index (χ0n) is 21.0. The number of aromatic nitrogens is 4. The number of aliphatic hydroxyl groups is 1. The van der Waals surface area contributed by atoms with Crippen molar-refractivity contribution >= 4 is 22.7 Å². The molecule has 0 aromatic carbocycles. The summed E-state index contributed by atoms with van der Waals surface area (Å²) in [5.41, 5.74) is 4.41. The predicted molar refractivity (Wildman–Crippen MR) is 131 cm³/mol. The van der Waals surface area contributed by atoms with Crippen molar-refractivity contribution in [3.8, 4) is 23.7 Å². The number of aryl methyl sites for hydroxylation is 2. The first-order valence-electron chi connectivity index (χ1n) is 11.2. The van der Waals surface area contributed by atoms with Crippen LogP contribution < -0.4 is 0 Å². The van der Waals surface area contributed by atoms with Gasteiger partial charge in [0.25, 0.3) is 0 Å². The van der Waals surface area contributed by atoms with Gasteiger partial charge in [-0.2, -0.15) is 0 Å². The summed E-state index contributed by atoms with van der Waals surface area (Å²) in [5.74, 6) is 11.8. The molecule has 6 nitrogen and oxygen atoms in total. The average molecular weight is 481 g/mol. The average Bonchev–Trinajstić information content (AvgIpc) is 3.48. The zero-order valence-corrected chi connectivity index (χ0v) is 19.6. The van der Waals surface area contributed by atoms with E-state index in [2.05, 4.69) is 43.6 Å². The second kappa shape index (κ2) is 12.6. The van der Waals surface area contributed by atoms with E-state index < -0.39 is 7.04 Å². The number of ether oxygens (including phenoxy) is 1. The number of rotatable bonds is 3. The molecule has 1 N–H and O–H groups in total. The largest absolute Gasteiger partial charge is 0.392 e.